The molecule has 2 aromatic carbocycles. The van der Waals surface area contributed by atoms with Gasteiger partial charge in [0.15, 0.2) is 5.84 Å². The summed E-state index contributed by atoms with van der Waals surface area (Å²) in [6, 6.07) is 19.4. The summed E-state index contributed by atoms with van der Waals surface area (Å²) in [5.74, 6) is 1.09. The van der Waals surface area contributed by atoms with Crippen molar-refractivity contribution in [2.45, 2.75) is 90.6 Å². The summed E-state index contributed by atoms with van der Waals surface area (Å²) in [5, 5.41) is 3.06. The van der Waals surface area contributed by atoms with Crippen molar-refractivity contribution in [2.24, 2.45) is 9.98 Å². The smallest absolute Gasteiger partial charge is 0.262 e. The van der Waals surface area contributed by atoms with Crippen LogP contribution in [0.1, 0.15) is 98.0 Å². The maximum Gasteiger partial charge on any atom is 0.262 e. The van der Waals surface area contributed by atoms with Gasteiger partial charge in [0.1, 0.15) is 11.8 Å². The van der Waals surface area contributed by atoms with Gasteiger partial charge in [0.2, 0.25) is 5.91 Å². The molecule has 0 spiro atoms. The molecular weight excluding hydrogens is 643 g/mol. The highest BCUT2D eigenvalue weighted by Crippen LogP contribution is 2.29. The van der Waals surface area contributed by atoms with Crippen molar-refractivity contribution >= 4 is 41.3 Å². The molecule has 1 aliphatic rings. The predicted molar refractivity (Wildman–Crippen MR) is 209 cm³/mol. The lowest BCUT2D eigenvalue weighted by atomic mass is 9.95. The molecule has 0 bridgehead atoms. The molecule has 1 fully saturated rings. The number of amidine groups is 1. The quantitative estimate of drug-likeness (QED) is 0.0934. The molecule has 4 rings (SSSR count). The lowest BCUT2D eigenvalue weighted by Gasteiger charge is -2.44. The second kappa shape index (κ2) is 18.2. The standard InChI is InChI=1S/C41H55N5O3S/c1-9-10-11-12-13-24-49-34-20-18-31(19-21-34)29(2)26-43-38(42-6)32-16-14-30(15-17-32)25-35(40(48)46-27-33(28-46)45(7)8)44-39(47)36-22-23-37(50-36)41(3,4)5/h14-23,26,33,35H,6,9-13,24-25,27-28H2,1-5,7-8H3,(H,44,47)/b29-26+,43-38?/t35-/m0/s1. The summed E-state index contributed by atoms with van der Waals surface area (Å²) in [4.78, 5) is 41.6. The highest BCUT2D eigenvalue weighted by Gasteiger charge is 2.36. The van der Waals surface area contributed by atoms with E-state index < -0.39 is 6.04 Å². The summed E-state index contributed by atoms with van der Waals surface area (Å²) in [7, 11) is 4.04. The Morgan fingerprint density at radius 1 is 1.00 bits per heavy atom. The topological polar surface area (TPSA) is 86.6 Å². The van der Waals surface area contributed by atoms with E-state index in [1.165, 1.54) is 37.0 Å². The number of nitrogens with one attached hydrogen (secondary N) is 1. The third-order valence-corrected chi connectivity index (χ3v) is 10.6. The molecule has 1 aliphatic heterocycles. The maximum atomic E-state index is 13.7. The van der Waals surface area contributed by atoms with E-state index >= 15 is 0 Å². The first kappa shape index (κ1) is 38.7. The van der Waals surface area contributed by atoms with E-state index in [0.717, 1.165) is 45.9 Å². The summed E-state index contributed by atoms with van der Waals surface area (Å²) < 4.78 is 5.91. The number of hydrogen-bond donors (Lipinski definition) is 1. The number of benzene rings is 2. The van der Waals surface area contributed by atoms with Gasteiger partial charge >= 0.3 is 0 Å². The number of aliphatic imine (C=N–C) groups is 2. The maximum absolute atomic E-state index is 13.7. The monoisotopic (exact) mass is 697 g/mol. The minimum absolute atomic E-state index is 0.0519. The Balaban J connectivity index is 1.41. The van der Waals surface area contributed by atoms with Gasteiger partial charge in [-0.2, -0.15) is 0 Å². The van der Waals surface area contributed by atoms with E-state index in [2.05, 4.69) is 54.6 Å². The predicted octanol–water partition coefficient (Wildman–Crippen LogP) is 8.02. The Morgan fingerprint density at radius 3 is 2.26 bits per heavy atom. The molecule has 2 heterocycles. The number of carbonyl (C=O) groups excluding carboxylic acids is 2. The van der Waals surface area contributed by atoms with E-state index in [0.29, 0.717) is 36.3 Å². The van der Waals surface area contributed by atoms with Crippen LogP contribution < -0.4 is 10.1 Å². The van der Waals surface area contributed by atoms with Gasteiger partial charge < -0.3 is 19.9 Å². The molecule has 0 radical (unpaired) electrons. The van der Waals surface area contributed by atoms with Gasteiger partial charge in [-0.3, -0.25) is 9.59 Å². The van der Waals surface area contributed by atoms with Gasteiger partial charge in [0, 0.05) is 42.2 Å². The Labute approximate surface area is 303 Å². The largest absolute Gasteiger partial charge is 0.494 e. The van der Waals surface area contributed by atoms with Crippen molar-refractivity contribution in [3.8, 4) is 5.75 Å². The first-order chi connectivity index (χ1) is 23.9. The number of hydrogen-bond acceptors (Lipinski definition) is 6. The third-order valence-electron chi connectivity index (χ3n) is 9.09. The zero-order valence-corrected chi connectivity index (χ0v) is 31.8. The van der Waals surface area contributed by atoms with Gasteiger partial charge in [-0.15, -0.1) is 11.3 Å². The van der Waals surface area contributed by atoms with Crippen LogP contribution >= 0.6 is 11.3 Å². The van der Waals surface area contributed by atoms with Gasteiger partial charge in [0.25, 0.3) is 5.91 Å². The highest BCUT2D eigenvalue weighted by atomic mass is 32.1. The van der Waals surface area contributed by atoms with Gasteiger partial charge in [-0.25, -0.2) is 9.98 Å². The summed E-state index contributed by atoms with van der Waals surface area (Å²) in [6.07, 6.45) is 8.25. The number of unbranched alkanes of at least 4 members (excludes halogenated alkanes) is 4. The second-order valence-corrected chi connectivity index (χ2v) is 15.5. The van der Waals surface area contributed by atoms with Crippen LogP contribution in [0.3, 0.4) is 0 Å². The number of thiophene rings is 1. The lowest BCUT2D eigenvalue weighted by Crippen LogP contribution is -2.63. The number of amides is 2. The molecule has 9 heteroatoms. The molecule has 1 saturated heterocycles. The summed E-state index contributed by atoms with van der Waals surface area (Å²) in [5.41, 5.74) is 3.74. The Kier molecular flexibility index (Phi) is 14.1. The van der Waals surface area contributed by atoms with Crippen LogP contribution in [0.15, 0.2) is 76.8 Å². The SMILES string of the molecule is C=NC(=N/C=C(\C)c1ccc(OCCCCCCC)cc1)c1ccc(C[C@H](NC(=O)c2ccc(C(C)(C)C)s2)C(=O)N2CC(N(C)C)C2)cc1. The van der Waals surface area contributed by atoms with Crippen LogP contribution in [0.5, 0.6) is 5.75 Å². The van der Waals surface area contributed by atoms with Gasteiger partial charge in [-0.1, -0.05) is 89.8 Å². The fourth-order valence-corrected chi connectivity index (χ4v) is 6.62. The Hall–Kier alpha value is -4.08. The molecule has 50 heavy (non-hydrogen) atoms. The molecule has 1 atom stereocenters. The number of likely N-dealkylation sites (N-methyl/N-ethyl adjacent to an activating group) is 1. The van der Waals surface area contributed by atoms with Crippen molar-refractivity contribution < 1.29 is 14.3 Å². The normalized spacial score (nSPS) is 14.8. The lowest BCUT2D eigenvalue weighted by molar-refractivity contribution is -0.140. The minimum Gasteiger partial charge on any atom is -0.494 e. The fraction of sp³-hybridized carbons (Fsp3) is 0.463. The van der Waals surface area contributed by atoms with Crippen LogP contribution in [-0.4, -0.2) is 80.0 Å². The average molecular weight is 698 g/mol. The molecule has 268 valence electrons. The van der Waals surface area contributed by atoms with Crippen molar-refractivity contribution in [1.82, 2.24) is 15.1 Å². The van der Waals surface area contributed by atoms with Crippen LogP contribution in [0.25, 0.3) is 5.57 Å². The number of carbonyl (C=O) groups is 2. The number of allylic oxidation sites excluding steroid dienone is 1. The van der Waals surface area contributed by atoms with E-state index in [4.69, 9.17) is 4.74 Å². The Bertz CT molecular complexity index is 1630. The fourth-order valence-electron chi connectivity index (χ4n) is 5.65. The van der Waals surface area contributed by atoms with Crippen molar-refractivity contribution in [3.63, 3.8) is 0 Å². The number of rotatable bonds is 16. The summed E-state index contributed by atoms with van der Waals surface area (Å²) in [6.45, 7) is 16.4. The van der Waals surface area contributed by atoms with Gasteiger partial charge in [-0.05, 0) is 80.5 Å². The molecular formula is C41H55N5O3S. The molecule has 1 N–H and O–H groups in total. The molecule has 2 amide bonds. The van der Waals surface area contributed by atoms with E-state index in [1.807, 2.05) is 86.6 Å². The van der Waals surface area contributed by atoms with E-state index in [-0.39, 0.29) is 17.2 Å². The first-order valence-corrected chi connectivity index (χ1v) is 18.6. The van der Waals surface area contributed by atoms with Crippen LogP contribution in [0.2, 0.25) is 0 Å². The molecule has 0 unspecified atom stereocenters. The number of likely N-dealkylation sites (tertiary alicyclic amines) is 1. The highest BCUT2D eigenvalue weighted by molar-refractivity contribution is 7.14. The van der Waals surface area contributed by atoms with Gasteiger partial charge in [0.05, 0.1) is 11.5 Å². The Morgan fingerprint density at radius 2 is 1.66 bits per heavy atom. The molecule has 3 aromatic rings. The van der Waals surface area contributed by atoms with Crippen LogP contribution in [0, 0.1) is 0 Å². The third kappa shape index (κ3) is 11.0. The average Bonchev–Trinajstić information content (AvgIpc) is 3.58. The molecule has 0 saturated carbocycles. The zero-order chi connectivity index (χ0) is 36.3. The minimum atomic E-state index is -0.685. The van der Waals surface area contributed by atoms with E-state index in [1.54, 1.807) is 6.20 Å². The van der Waals surface area contributed by atoms with E-state index in [9.17, 15) is 9.59 Å². The molecule has 1 aromatic heterocycles. The van der Waals surface area contributed by atoms with Crippen LogP contribution in [0.4, 0.5) is 0 Å². The molecule has 0 aliphatic carbocycles. The summed E-state index contributed by atoms with van der Waals surface area (Å²) >= 11 is 1.48. The van der Waals surface area contributed by atoms with Crippen molar-refractivity contribution in [2.75, 3.05) is 33.8 Å². The zero-order valence-electron chi connectivity index (χ0n) is 31.0. The first-order valence-electron chi connectivity index (χ1n) is 17.8. The number of nitrogens with zero attached hydrogens (tertiary/aromatic N) is 4. The number of ether oxygens (including phenoxy) is 1. The van der Waals surface area contributed by atoms with Crippen LogP contribution in [-0.2, 0) is 16.6 Å². The second-order valence-electron chi connectivity index (χ2n) is 14.4. The molecule has 8 nitrogen and oxygen atoms in total. The van der Waals surface area contributed by atoms with Crippen molar-refractivity contribution in [1.29, 1.82) is 0 Å². The van der Waals surface area contributed by atoms with Crippen molar-refractivity contribution in [3.05, 3.63) is 93.3 Å².